The van der Waals surface area contributed by atoms with E-state index < -0.39 is 10.8 Å². The Labute approximate surface area is 114 Å². The van der Waals surface area contributed by atoms with E-state index in [0.717, 1.165) is 32.1 Å². The van der Waals surface area contributed by atoms with Crippen LogP contribution in [0.15, 0.2) is 24.3 Å². The van der Waals surface area contributed by atoms with Gasteiger partial charge in [0.2, 0.25) is 0 Å². The molecular weight excluding hydrogens is 263 g/mol. The second-order valence-electron chi connectivity index (χ2n) is 5.54. The van der Waals surface area contributed by atoms with Gasteiger partial charge in [-0.3, -0.25) is 9.00 Å². The Hall–Kier alpha value is -1.03. The summed E-state index contributed by atoms with van der Waals surface area (Å²) in [7, 11) is -0.745. The van der Waals surface area contributed by atoms with E-state index in [0.29, 0.717) is 5.56 Å². The first-order valence-corrected chi connectivity index (χ1v) is 8.12. The van der Waals surface area contributed by atoms with Crippen LogP contribution in [0.1, 0.15) is 42.5 Å². The zero-order valence-corrected chi connectivity index (χ0v) is 11.5. The Bertz CT molecular complexity index is 495. The lowest BCUT2D eigenvalue weighted by molar-refractivity contribution is 0.0895. The van der Waals surface area contributed by atoms with Crippen molar-refractivity contribution in [3.63, 3.8) is 0 Å². The molecule has 2 heterocycles. The normalized spacial score (nSPS) is 33.9. The van der Waals surface area contributed by atoms with Crippen molar-refractivity contribution < 1.29 is 13.4 Å². The van der Waals surface area contributed by atoms with Gasteiger partial charge in [0.15, 0.2) is 5.78 Å². The summed E-state index contributed by atoms with van der Waals surface area (Å²) in [5.74, 6) is -0.259. The minimum Gasteiger partial charge on any atom is -0.294 e. The Kier molecular flexibility index (Phi) is 3.52. The van der Waals surface area contributed by atoms with Crippen LogP contribution in [0.2, 0.25) is 0 Å². The van der Waals surface area contributed by atoms with Gasteiger partial charge in [-0.15, -0.1) is 0 Å². The summed E-state index contributed by atoms with van der Waals surface area (Å²) in [5.41, 5.74) is 0.581. The van der Waals surface area contributed by atoms with Crippen LogP contribution in [0, 0.1) is 11.7 Å². The molecular formula is C15H17FO2S. The van der Waals surface area contributed by atoms with Crippen molar-refractivity contribution in [3.05, 3.63) is 35.6 Å². The summed E-state index contributed by atoms with van der Waals surface area (Å²) in [6.45, 7) is 0. The first-order chi connectivity index (χ1) is 9.15. The summed E-state index contributed by atoms with van der Waals surface area (Å²) >= 11 is 0. The molecule has 0 N–H and O–H groups in total. The Morgan fingerprint density at radius 3 is 2.26 bits per heavy atom. The van der Waals surface area contributed by atoms with Crippen molar-refractivity contribution in [2.45, 2.75) is 42.6 Å². The van der Waals surface area contributed by atoms with Crippen LogP contribution in [-0.4, -0.2) is 20.5 Å². The van der Waals surface area contributed by atoms with Gasteiger partial charge >= 0.3 is 0 Å². The highest BCUT2D eigenvalue weighted by Gasteiger charge is 2.40. The van der Waals surface area contributed by atoms with Gasteiger partial charge in [0, 0.05) is 32.8 Å². The fraction of sp³-hybridized carbons (Fsp3) is 0.533. The summed E-state index contributed by atoms with van der Waals surface area (Å²) in [6, 6.07) is 5.77. The SMILES string of the molecule is O=C(c1ccc(F)cc1)C1CC2CCCC(C1)S2=O. The van der Waals surface area contributed by atoms with Gasteiger partial charge in [0.05, 0.1) is 0 Å². The molecule has 102 valence electrons. The molecule has 2 nitrogen and oxygen atoms in total. The van der Waals surface area contributed by atoms with Gasteiger partial charge in [-0.25, -0.2) is 4.39 Å². The van der Waals surface area contributed by atoms with E-state index in [4.69, 9.17) is 0 Å². The van der Waals surface area contributed by atoms with E-state index in [-0.39, 0.29) is 28.0 Å². The maximum absolute atomic E-state index is 12.9. The van der Waals surface area contributed by atoms with Gasteiger partial charge in [-0.1, -0.05) is 6.42 Å². The topological polar surface area (TPSA) is 34.1 Å². The van der Waals surface area contributed by atoms with E-state index in [1.54, 1.807) is 12.1 Å². The first kappa shape index (κ1) is 13.0. The van der Waals surface area contributed by atoms with Crippen molar-refractivity contribution in [3.8, 4) is 0 Å². The lowest BCUT2D eigenvalue weighted by Crippen LogP contribution is -2.41. The van der Waals surface area contributed by atoms with Crippen LogP contribution in [0.25, 0.3) is 0 Å². The minimum atomic E-state index is -0.745. The molecule has 2 atom stereocenters. The van der Waals surface area contributed by atoms with Gasteiger partial charge in [-0.2, -0.15) is 0 Å². The van der Waals surface area contributed by atoms with Gasteiger partial charge in [0.1, 0.15) is 5.82 Å². The van der Waals surface area contributed by atoms with Crippen molar-refractivity contribution in [2.24, 2.45) is 5.92 Å². The molecule has 0 spiro atoms. The third kappa shape index (κ3) is 2.50. The molecule has 2 saturated heterocycles. The summed E-state index contributed by atoms with van der Waals surface area (Å²) in [4.78, 5) is 12.4. The third-order valence-corrected chi connectivity index (χ3v) is 6.47. The zero-order chi connectivity index (χ0) is 13.4. The van der Waals surface area contributed by atoms with Crippen molar-refractivity contribution in [1.82, 2.24) is 0 Å². The second-order valence-corrected chi connectivity index (χ2v) is 7.53. The number of rotatable bonds is 2. The zero-order valence-electron chi connectivity index (χ0n) is 10.7. The van der Waals surface area contributed by atoms with Crippen molar-refractivity contribution in [1.29, 1.82) is 0 Å². The number of carbonyl (C=O) groups is 1. The Balaban J connectivity index is 1.78. The lowest BCUT2D eigenvalue weighted by Gasteiger charge is -2.37. The molecule has 2 aliphatic rings. The minimum absolute atomic E-state index is 0.0292. The fourth-order valence-electron chi connectivity index (χ4n) is 3.30. The van der Waals surface area contributed by atoms with Crippen LogP contribution >= 0.6 is 0 Å². The summed E-state index contributed by atoms with van der Waals surface area (Å²) < 4.78 is 25.0. The van der Waals surface area contributed by atoms with Crippen molar-refractivity contribution in [2.75, 3.05) is 0 Å². The van der Waals surface area contributed by atoms with Crippen LogP contribution in [-0.2, 0) is 10.8 Å². The van der Waals surface area contributed by atoms with Crippen LogP contribution in [0.3, 0.4) is 0 Å². The molecule has 2 fully saturated rings. The number of benzene rings is 1. The standard InChI is InChI=1S/C15H17FO2S/c16-12-6-4-10(5-7-12)15(17)11-8-13-2-1-3-14(9-11)19(13)18/h4-7,11,13-14H,1-3,8-9H2. The third-order valence-electron chi connectivity index (χ3n) is 4.30. The molecule has 0 aliphatic carbocycles. The number of hydrogen-bond acceptors (Lipinski definition) is 2. The number of Topliss-reactive ketones (excluding diaryl/α,β-unsaturated/α-hetero) is 1. The predicted octanol–water partition coefficient (Wildman–Crippen LogP) is 3.09. The smallest absolute Gasteiger partial charge is 0.166 e. The fourth-order valence-corrected chi connectivity index (χ4v) is 5.48. The molecule has 0 radical (unpaired) electrons. The quantitative estimate of drug-likeness (QED) is 0.780. The highest BCUT2D eigenvalue weighted by molar-refractivity contribution is 7.86. The maximum atomic E-state index is 12.9. The van der Waals surface area contributed by atoms with Gasteiger partial charge in [-0.05, 0) is 49.9 Å². The summed E-state index contributed by atoms with van der Waals surface area (Å²) in [5, 5.41) is 0.392. The van der Waals surface area contributed by atoms with Crippen molar-refractivity contribution >= 4 is 16.6 Å². The van der Waals surface area contributed by atoms with E-state index in [1.807, 2.05) is 0 Å². The molecule has 2 aliphatic heterocycles. The Morgan fingerprint density at radius 1 is 1.11 bits per heavy atom. The molecule has 0 aromatic heterocycles. The molecule has 2 unspecified atom stereocenters. The van der Waals surface area contributed by atoms with E-state index in [9.17, 15) is 13.4 Å². The van der Waals surface area contributed by atoms with E-state index >= 15 is 0 Å². The van der Waals surface area contributed by atoms with Crippen LogP contribution in [0.5, 0.6) is 0 Å². The number of carbonyl (C=O) groups excluding carboxylic acids is 1. The molecule has 1 aromatic carbocycles. The number of fused-ring (bicyclic) bond motifs is 2. The van der Waals surface area contributed by atoms with Gasteiger partial charge < -0.3 is 0 Å². The van der Waals surface area contributed by atoms with E-state index in [2.05, 4.69) is 0 Å². The molecule has 1 aromatic rings. The molecule has 19 heavy (non-hydrogen) atoms. The number of halogens is 1. The monoisotopic (exact) mass is 280 g/mol. The first-order valence-electron chi connectivity index (χ1n) is 6.84. The number of ketones is 1. The van der Waals surface area contributed by atoms with Gasteiger partial charge in [0.25, 0.3) is 0 Å². The van der Waals surface area contributed by atoms with E-state index in [1.165, 1.54) is 12.1 Å². The molecule has 4 heteroatoms. The summed E-state index contributed by atoms with van der Waals surface area (Å²) in [6.07, 6.45) is 4.57. The molecule has 2 bridgehead atoms. The average Bonchev–Trinajstić information content (AvgIpc) is 2.38. The average molecular weight is 280 g/mol. The molecule has 0 saturated carbocycles. The second kappa shape index (κ2) is 5.16. The molecule has 3 rings (SSSR count). The molecule has 0 amide bonds. The Morgan fingerprint density at radius 2 is 1.68 bits per heavy atom. The lowest BCUT2D eigenvalue weighted by atomic mass is 9.84. The predicted molar refractivity (Wildman–Crippen MR) is 73.0 cm³/mol. The largest absolute Gasteiger partial charge is 0.294 e. The van der Waals surface area contributed by atoms with Crippen LogP contribution < -0.4 is 0 Å². The van der Waals surface area contributed by atoms with Crippen LogP contribution in [0.4, 0.5) is 4.39 Å². The maximum Gasteiger partial charge on any atom is 0.166 e. The highest BCUT2D eigenvalue weighted by Crippen LogP contribution is 2.38. The number of hydrogen-bond donors (Lipinski definition) is 0. The highest BCUT2D eigenvalue weighted by atomic mass is 32.2.